The van der Waals surface area contributed by atoms with Gasteiger partial charge in [-0.3, -0.25) is 15.6 Å². The first-order valence-electron chi connectivity index (χ1n) is 6.14. The van der Waals surface area contributed by atoms with E-state index in [9.17, 15) is 18.0 Å². The van der Waals surface area contributed by atoms with Crippen LogP contribution >= 0.6 is 0 Å². The second-order valence-corrected chi connectivity index (χ2v) is 4.34. The number of halogens is 3. The van der Waals surface area contributed by atoms with Crippen LogP contribution in [0.15, 0.2) is 48.5 Å². The van der Waals surface area contributed by atoms with Crippen molar-refractivity contribution < 1.29 is 18.0 Å². The largest absolute Gasteiger partial charge is 0.416 e. The Labute approximate surface area is 124 Å². The van der Waals surface area contributed by atoms with Crippen molar-refractivity contribution in [1.29, 1.82) is 5.26 Å². The van der Waals surface area contributed by atoms with Gasteiger partial charge in [-0.1, -0.05) is 0 Å². The molecule has 0 heterocycles. The molecule has 1 amide bonds. The molecule has 0 aromatic heterocycles. The number of nitrogens with one attached hydrogen (secondary N) is 2. The van der Waals surface area contributed by atoms with E-state index in [4.69, 9.17) is 5.26 Å². The Kier molecular flexibility index (Phi) is 4.32. The second-order valence-electron chi connectivity index (χ2n) is 4.34. The molecule has 0 saturated heterocycles. The third kappa shape index (κ3) is 3.76. The molecule has 7 heteroatoms. The Morgan fingerprint density at radius 2 is 1.59 bits per heavy atom. The van der Waals surface area contributed by atoms with Gasteiger partial charge in [0.15, 0.2) is 0 Å². The fourth-order valence-corrected chi connectivity index (χ4v) is 1.64. The zero-order valence-corrected chi connectivity index (χ0v) is 11.1. The summed E-state index contributed by atoms with van der Waals surface area (Å²) in [7, 11) is 0. The Balaban J connectivity index is 1.97. The van der Waals surface area contributed by atoms with Crippen molar-refractivity contribution in [3.8, 4) is 6.07 Å². The number of carbonyl (C=O) groups is 1. The van der Waals surface area contributed by atoms with Crippen molar-refractivity contribution in [3.05, 3.63) is 65.2 Å². The summed E-state index contributed by atoms with van der Waals surface area (Å²) in [5.74, 6) is -0.468. The summed E-state index contributed by atoms with van der Waals surface area (Å²) >= 11 is 0. The average Bonchev–Trinajstić information content (AvgIpc) is 2.52. The van der Waals surface area contributed by atoms with E-state index in [0.29, 0.717) is 16.8 Å². The number of rotatable bonds is 3. The summed E-state index contributed by atoms with van der Waals surface area (Å²) < 4.78 is 37.2. The lowest BCUT2D eigenvalue weighted by molar-refractivity contribution is -0.137. The third-order valence-electron chi connectivity index (χ3n) is 2.81. The number of carbonyl (C=O) groups excluding carboxylic acids is 1. The molecular weight excluding hydrogens is 295 g/mol. The third-order valence-corrected chi connectivity index (χ3v) is 2.81. The smallest absolute Gasteiger partial charge is 0.298 e. The van der Waals surface area contributed by atoms with E-state index in [1.807, 2.05) is 6.07 Å². The predicted molar refractivity (Wildman–Crippen MR) is 73.7 cm³/mol. The van der Waals surface area contributed by atoms with Crippen LogP contribution in [0.4, 0.5) is 18.9 Å². The highest BCUT2D eigenvalue weighted by molar-refractivity contribution is 5.94. The van der Waals surface area contributed by atoms with Gasteiger partial charge in [0.05, 0.1) is 22.9 Å². The van der Waals surface area contributed by atoms with E-state index in [2.05, 4.69) is 10.9 Å². The maximum atomic E-state index is 12.4. The molecule has 0 spiro atoms. The van der Waals surface area contributed by atoms with Crippen molar-refractivity contribution in [2.45, 2.75) is 6.18 Å². The summed E-state index contributed by atoms with van der Waals surface area (Å²) in [6.45, 7) is 0. The van der Waals surface area contributed by atoms with E-state index >= 15 is 0 Å². The first-order valence-corrected chi connectivity index (χ1v) is 6.14. The molecule has 2 aromatic carbocycles. The van der Waals surface area contributed by atoms with E-state index in [1.165, 1.54) is 36.4 Å². The molecule has 4 nitrogen and oxygen atoms in total. The molecule has 22 heavy (non-hydrogen) atoms. The van der Waals surface area contributed by atoms with Crippen LogP contribution in [0.5, 0.6) is 0 Å². The van der Waals surface area contributed by atoms with Gasteiger partial charge in [0.1, 0.15) is 0 Å². The number of hydrazine groups is 1. The fraction of sp³-hybridized carbons (Fsp3) is 0.0667. The topological polar surface area (TPSA) is 64.9 Å². The van der Waals surface area contributed by atoms with Crippen LogP contribution in [0.25, 0.3) is 0 Å². The Hall–Kier alpha value is -3.01. The van der Waals surface area contributed by atoms with Crippen LogP contribution in [0, 0.1) is 11.3 Å². The van der Waals surface area contributed by atoms with Crippen LogP contribution in [0.1, 0.15) is 21.5 Å². The van der Waals surface area contributed by atoms with E-state index in [-0.39, 0.29) is 0 Å². The van der Waals surface area contributed by atoms with E-state index < -0.39 is 17.6 Å². The van der Waals surface area contributed by atoms with Crippen molar-refractivity contribution in [3.63, 3.8) is 0 Å². The number of hydrogen-bond acceptors (Lipinski definition) is 3. The Morgan fingerprint density at radius 1 is 1.00 bits per heavy atom. The molecule has 0 aliphatic rings. The number of nitriles is 1. The molecule has 0 aliphatic heterocycles. The van der Waals surface area contributed by atoms with Crippen LogP contribution in [-0.2, 0) is 6.18 Å². The number of nitrogens with zero attached hydrogens (tertiary/aromatic N) is 1. The Morgan fingerprint density at radius 3 is 2.09 bits per heavy atom. The van der Waals surface area contributed by atoms with Gasteiger partial charge in [0, 0.05) is 5.56 Å². The van der Waals surface area contributed by atoms with Gasteiger partial charge < -0.3 is 0 Å². The first kappa shape index (κ1) is 15.4. The molecule has 0 bridgehead atoms. The monoisotopic (exact) mass is 305 g/mol. The molecule has 2 aromatic rings. The highest BCUT2D eigenvalue weighted by atomic mass is 19.4. The number of hydrogen-bond donors (Lipinski definition) is 2. The summed E-state index contributed by atoms with van der Waals surface area (Å²) in [4.78, 5) is 11.8. The summed E-state index contributed by atoms with van der Waals surface area (Å²) in [5, 5.41) is 8.66. The highest BCUT2D eigenvalue weighted by Gasteiger charge is 2.29. The fourth-order valence-electron chi connectivity index (χ4n) is 1.64. The van der Waals surface area contributed by atoms with Crippen molar-refractivity contribution in [2.24, 2.45) is 0 Å². The average molecular weight is 305 g/mol. The maximum absolute atomic E-state index is 12.4. The standard InChI is InChI=1S/C15H10F3N3O/c16-15(17,18)12-5-7-13(8-6-12)20-21-14(22)11-3-1-10(9-19)2-4-11/h1-8,20H,(H,21,22). The molecular formula is C15H10F3N3O. The quantitative estimate of drug-likeness (QED) is 0.855. The molecule has 0 fully saturated rings. The number of benzene rings is 2. The normalized spacial score (nSPS) is 10.6. The molecule has 0 radical (unpaired) electrons. The molecule has 0 aliphatic carbocycles. The zero-order chi connectivity index (χ0) is 16.2. The van der Waals surface area contributed by atoms with Gasteiger partial charge in [-0.25, -0.2) is 0 Å². The van der Waals surface area contributed by atoms with Gasteiger partial charge >= 0.3 is 6.18 Å². The minimum Gasteiger partial charge on any atom is -0.298 e. The molecule has 112 valence electrons. The van der Waals surface area contributed by atoms with Crippen molar-refractivity contribution in [1.82, 2.24) is 5.43 Å². The Bertz CT molecular complexity index is 701. The number of anilines is 1. The first-order chi connectivity index (χ1) is 10.4. The van der Waals surface area contributed by atoms with Gasteiger partial charge in [0.2, 0.25) is 0 Å². The minimum absolute atomic E-state index is 0.315. The lowest BCUT2D eigenvalue weighted by Gasteiger charge is -2.10. The van der Waals surface area contributed by atoms with Crippen molar-refractivity contribution >= 4 is 11.6 Å². The summed E-state index contributed by atoms with van der Waals surface area (Å²) in [6.07, 6.45) is -4.40. The SMILES string of the molecule is N#Cc1ccc(C(=O)NNc2ccc(C(F)(F)F)cc2)cc1. The predicted octanol–water partition coefficient (Wildman–Crippen LogP) is 3.33. The van der Waals surface area contributed by atoms with Crippen LogP contribution < -0.4 is 10.9 Å². The van der Waals surface area contributed by atoms with Crippen LogP contribution in [-0.4, -0.2) is 5.91 Å². The molecule has 0 saturated carbocycles. The molecule has 2 rings (SSSR count). The lowest BCUT2D eigenvalue weighted by Crippen LogP contribution is -2.29. The summed E-state index contributed by atoms with van der Waals surface area (Å²) in [6, 6.07) is 12.1. The van der Waals surface area contributed by atoms with E-state index in [1.54, 1.807) is 0 Å². The van der Waals surface area contributed by atoms with Crippen molar-refractivity contribution in [2.75, 3.05) is 5.43 Å². The molecule has 0 atom stereocenters. The molecule has 0 unspecified atom stereocenters. The van der Waals surface area contributed by atoms with E-state index in [0.717, 1.165) is 12.1 Å². The minimum atomic E-state index is -4.40. The van der Waals surface area contributed by atoms with Crippen LogP contribution in [0.2, 0.25) is 0 Å². The zero-order valence-electron chi connectivity index (χ0n) is 11.1. The number of amides is 1. The van der Waals surface area contributed by atoms with Gasteiger partial charge in [-0.15, -0.1) is 0 Å². The van der Waals surface area contributed by atoms with Gasteiger partial charge in [-0.05, 0) is 48.5 Å². The van der Waals surface area contributed by atoms with Gasteiger partial charge in [-0.2, -0.15) is 18.4 Å². The maximum Gasteiger partial charge on any atom is 0.416 e. The molecule has 2 N–H and O–H groups in total. The summed E-state index contributed by atoms with van der Waals surface area (Å²) in [5.41, 5.74) is 5.17. The number of alkyl halides is 3. The van der Waals surface area contributed by atoms with Gasteiger partial charge in [0.25, 0.3) is 5.91 Å². The lowest BCUT2D eigenvalue weighted by atomic mass is 10.1. The van der Waals surface area contributed by atoms with Crippen LogP contribution in [0.3, 0.4) is 0 Å². The second kappa shape index (κ2) is 6.18. The highest BCUT2D eigenvalue weighted by Crippen LogP contribution is 2.29.